The number of hydrogen-bond acceptors (Lipinski definition) is 2. The lowest BCUT2D eigenvalue weighted by Gasteiger charge is -2.30. The molecule has 0 amide bonds. The Morgan fingerprint density at radius 1 is 1.29 bits per heavy atom. The highest BCUT2D eigenvalue weighted by atomic mass is 16.5. The standard InChI is InChI=1S/C12H25NO/c1-7-12(6,10-14-8-2)9-13-11(3,4)5/h7,13H,1,8-10H2,2-6H3. The predicted octanol–water partition coefficient (Wildman–Crippen LogP) is 2.60. The van der Waals surface area contributed by atoms with Crippen molar-refractivity contribution < 1.29 is 4.74 Å². The van der Waals surface area contributed by atoms with E-state index >= 15 is 0 Å². The Morgan fingerprint density at radius 2 is 1.86 bits per heavy atom. The minimum absolute atomic E-state index is 0.0310. The van der Waals surface area contributed by atoms with Gasteiger partial charge in [0.25, 0.3) is 0 Å². The summed E-state index contributed by atoms with van der Waals surface area (Å²) in [6.45, 7) is 16.9. The van der Waals surface area contributed by atoms with E-state index in [9.17, 15) is 0 Å². The van der Waals surface area contributed by atoms with E-state index in [0.29, 0.717) is 0 Å². The van der Waals surface area contributed by atoms with Gasteiger partial charge in [-0.1, -0.05) is 13.0 Å². The average Bonchev–Trinajstić information content (AvgIpc) is 2.10. The van der Waals surface area contributed by atoms with Gasteiger partial charge in [-0.3, -0.25) is 0 Å². The molecule has 0 aliphatic carbocycles. The van der Waals surface area contributed by atoms with E-state index in [1.165, 1.54) is 0 Å². The van der Waals surface area contributed by atoms with Gasteiger partial charge in [0.2, 0.25) is 0 Å². The van der Waals surface area contributed by atoms with Gasteiger partial charge in [-0.25, -0.2) is 0 Å². The van der Waals surface area contributed by atoms with Gasteiger partial charge in [0, 0.05) is 24.1 Å². The predicted molar refractivity (Wildman–Crippen MR) is 62.6 cm³/mol. The molecular weight excluding hydrogens is 174 g/mol. The van der Waals surface area contributed by atoms with Crippen LogP contribution in [0.3, 0.4) is 0 Å². The first-order valence-electron chi connectivity index (χ1n) is 5.29. The van der Waals surface area contributed by atoms with Crippen LogP contribution in [0.5, 0.6) is 0 Å². The van der Waals surface area contributed by atoms with Gasteiger partial charge in [0.15, 0.2) is 0 Å². The third kappa shape index (κ3) is 6.17. The maximum Gasteiger partial charge on any atom is 0.0566 e. The van der Waals surface area contributed by atoms with Crippen molar-refractivity contribution in [2.45, 2.75) is 40.2 Å². The van der Waals surface area contributed by atoms with E-state index in [0.717, 1.165) is 19.8 Å². The molecule has 0 bridgehead atoms. The number of ether oxygens (including phenoxy) is 1. The molecule has 14 heavy (non-hydrogen) atoms. The highest BCUT2D eigenvalue weighted by Gasteiger charge is 2.22. The van der Waals surface area contributed by atoms with Crippen LogP contribution in [0.15, 0.2) is 12.7 Å². The second-order valence-corrected chi connectivity index (χ2v) is 5.10. The second-order valence-electron chi connectivity index (χ2n) is 5.10. The fourth-order valence-electron chi connectivity index (χ4n) is 0.984. The maximum absolute atomic E-state index is 5.44. The third-order valence-electron chi connectivity index (χ3n) is 2.15. The van der Waals surface area contributed by atoms with E-state index < -0.39 is 0 Å². The Morgan fingerprint density at radius 3 is 2.21 bits per heavy atom. The zero-order valence-corrected chi connectivity index (χ0v) is 10.3. The average molecular weight is 199 g/mol. The van der Waals surface area contributed by atoms with E-state index in [-0.39, 0.29) is 11.0 Å². The highest BCUT2D eigenvalue weighted by molar-refractivity contribution is 4.94. The lowest BCUT2D eigenvalue weighted by atomic mass is 9.90. The van der Waals surface area contributed by atoms with Gasteiger partial charge >= 0.3 is 0 Å². The van der Waals surface area contributed by atoms with Crippen molar-refractivity contribution >= 4 is 0 Å². The smallest absolute Gasteiger partial charge is 0.0566 e. The molecule has 0 fully saturated rings. The Hall–Kier alpha value is -0.340. The minimum atomic E-state index is 0.0310. The topological polar surface area (TPSA) is 21.3 Å². The molecule has 0 aliphatic heterocycles. The number of rotatable bonds is 6. The quantitative estimate of drug-likeness (QED) is 0.664. The van der Waals surface area contributed by atoms with Crippen molar-refractivity contribution in [3.05, 3.63) is 12.7 Å². The lowest BCUT2D eigenvalue weighted by molar-refractivity contribution is 0.0817. The van der Waals surface area contributed by atoms with Gasteiger partial charge in [-0.2, -0.15) is 0 Å². The van der Waals surface area contributed by atoms with Gasteiger partial charge in [0.1, 0.15) is 0 Å². The number of hydrogen-bond donors (Lipinski definition) is 1. The highest BCUT2D eigenvalue weighted by Crippen LogP contribution is 2.18. The Kier molecular flexibility index (Phi) is 5.38. The van der Waals surface area contributed by atoms with Crippen molar-refractivity contribution in [2.75, 3.05) is 19.8 Å². The van der Waals surface area contributed by atoms with Crippen LogP contribution in [-0.4, -0.2) is 25.3 Å². The van der Waals surface area contributed by atoms with Crippen molar-refractivity contribution in [2.24, 2.45) is 5.41 Å². The molecule has 1 atom stereocenters. The zero-order chi connectivity index (χ0) is 11.2. The largest absolute Gasteiger partial charge is 0.381 e. The van der Waals surface area contributed by atoms with Crippen molar-refractivity contribution in [3.63, 3.8) is 0 Å². The first kappa shape index (κ1) is 13.7. The molecule has 0 aromatic rings. The summed E-state index contributed by atoms with van der Waals surface area (Å²) in [4.78, 5) is 0. The van der Waals surface area contributed by atoms with Crippen molar-refractivity contribution in [1.82, 2.24) is 5.32 Å². The molecule has 0 saturated carbocycles. The molecule has 0 spiro atoms. The molecule has 0 heterocycles. The van der Waals surface area contributed by atoms with E-state index in [2.05, 4.69) is 39.6 Å². The van der Waals surface area contributed by atoms with Crippen molar-refractivity contribution in [3.8, 4) is 0 Å². The molecule has 2 nitrogen and oxygen atoms in total. The summed E-state index contributed by atoms with van der Waals surface area (Å²) in [5.74, 6) is 0. The van der Waals surface area contributed by atoms with Crippen LogP contribution in [-0.2, 0) is 4.74 Å². The molecule has 0 radical (unpaired) electrons. The van der Waals surface area contributed by atoms with Gasteiger partial charge < -0.3 is 10.1 Å². The minimum Gasteiger partial charge on any atom is -0.381 e. The van der Waals surface area contributed by atoms with E-state index in [1.54, 1.807) is 0 Å². The summed E-state index contributed by atoms with van der Waals surface area (Å²) in [7, 11) is 0. The summed E-state index contributed by atoms with van der Waals surface area (Å²) >= 11 is 0. The molecule has 1 N–H and O–H groups in total. The van der Waals surface area contributed by atoms with Gasteiger partial charge in [0.05, 0.1) is 6.61 Å². The molecule has 1 unspecified atom stereocenters. The van der Waals surface area contributed by atoms with Crippen LogP contribution in [0.1, 0.15) is 34.6 Å². The molecular formula is C12H25NO. The fourth-order valence-corrected chi connectivity index (χ4v) is 0.984. The summed E-state index contributed by atoms with van der Waals surface area (Å²) < 4.78 is 5.44. The molecule has 0 rings (SSSR count). The lowest BCUT2D eigenvalue weighted by Crippen LogP contribution is -2.43. The van der Waals surface area contributed by atoms with E-state index in [1.807, 2.05) is 13.0 Å². The third-order valence-corrected chi connectivity index (χ3v) is 2.15. The first-order chi connectivity index (χ1) is 6.33. The Bertz CT molecular complexity index is 172. The summed E-state index contributed by atoms with van der Waals surface area (Å²) in [5.41, 5.74) is 0.180. The Labute approximate surface area is 88.7 Å². The van der Waals surface area contributed by atoms with E-state index in [4.69, 9.17) is 4.74 Å². The first-order valence-corrected chi connectivity index (χ1v) is 5.29. The SMILES string of the molecule is C=CC(C)(CNC(C)(C)C)COCC. The second kappa shape index (κ2) is 5.52. The molecule has 0 saturated heterocycles. The van der Waals surface area contributed by atoms with Gasteiger partial charge in [-0.05, 0) is 27.7 Å². The maximum atomic E-state index is 5.44. The molecule has 84 valence electrons. The molecule has 0 aliphatic rings. The monoisotopic (exact) mass is 199 g/mol. The van der Waals surface area contributed by atoms with Crippen LogP contribution in [0, 0.1) is 5.41 Å². The van der Waals surface area contributed by atoms with Crippen LogP contribution in [0.2, 0.25) is 0 Å². The van der Waals surface area contributed by atoms with Crippen LogP contribution in [0.4, 0.5) is 0 Å². The Balaban J connectivity index is 4.05. The zero-order valence-electron chi connectivity index (χ0n) is 10.3. The summed E-state index contributed by atoms with van der Waals surface area (Å²) in [6, 6.07) is 0. The normalized spacial score (nSPS) is 16.4. The van der Waals surface area contributed by atoms with Crippen LogP contribution < -0.4 is 5.32 Å². The van der Waals surface area contributed by atoms with Crippen LogP contribution in [0.25, 0.3) is 0 Å². The van der Waals surface area contributed by atoms with Crippen molar-refractivity contribution in [1.29, 1.82) is 0 Å². The summed E-state index contributed by atoms with van der Waals surface area (Å²) in [5, 5.41) is 3.47. The van der Waals surface area contributed by atoms with Gasteiger partial charge in [-0.15, -0.1) is 6.58 Å². The number of nitrogens with one attached hydrogen (secondary N) is 1. The molecule has 0 aromatic carbocycles. The van der Waals surface area contributed by atoms with Crippen LogP contribution >= 0.6 is 0 Å². The molecule has 0 aromatic heterocycles. The molecule has 2 heteroatoms. The summed E-state index contributed by atoms with van der Waals surface area (Å²) in [6.07, 6.45) is 1.97. The fraction of sp³-hybridized carbons (Fsp3) is 0.833.